The second-order valence-corrected chi connectivity index (χ2v) is 3.69. The third-order valence-corrected chi connectivity index (χ3v) is 2.35. The Balaban J connectivity index is 2.91. The minimum absolute atomic E-state index is 0.0533. The summed E-state index contributed by atoms with van der Waals surface area (Å²) in [7, 11) is 0. The van der Waals surface area contributed by atoms with Gasteiger partial charge in [-0.2, -0.15) is 13.2 Å². The van der Waals surface area contributed by atoms with E-state index < -0.39 is 24.5 Å². The molecule has 1 aromatic rings. The molecule has 0 amide bonds. The maximum Gasteiger partial charge on any atom is 0.424 e. The molecule has 0 aliphatic carbocycles. The first kappa shape index (κ1) is 13.4. The van der Waals surface area contributed by atoms with Gasteiger partial charge in [0, 0.05) is 6.42 Å². The van der Waals surface area contributed by atoms with Crippen LogP contribution in [0.4, 0.5) is 13.2 Å². The summed E-state index contributed by atoms with van der Waals surface area (Å²) < 4.78 is 37.4. The topological polar surface area (TPSA) is 37.3 Å². The Morgan fingerprint density at radius 1 is 1.29 bits per heavy atom. The van der Waals surface area contributed by atoms with Crippen LogP contribution in [0.5, 0.6) is 0 Å². The Hall–Kier alpha value is -1.62. The molecule has 0 saturated heterocycles. The molecule has 0 bridgehead atoms. The Morgan fingerprint density at radius 2 is 1.82 bits per heavy atom. The fraction of sp³-hybridized carbons (Fsp3) is 0.250. The average molecular weight is 244 g/mol. The number of rotatable bonds is 4. The van der Waals surface area contributed by atoms with Crippen LogP contribution >= 0.6 is 0 Å². The Morgan fingerprint density at radius 3 is 2.24 bits per heavy atom. The fourth-order valence-electron chi connectivity index (χ4n) is 1.31. The molecule has 5 heteroatoms. The molecule has 92 valence electrons. The van der Waals surface area contributed by atoms with Gasteiger partial charge in [-0.3, -0.25) is 4.79 Å². The monoisotopic (exact) mass is 244 g/mol. The van der Waals surface area contributed by atoms with E-state index in [0.29, 0.717) is 5.56 Å². The molecule has 0 aromatic heterocycles. The molecular weight excluding hydrogens is 233 g/mol. The van der Waals surface area contributed by atoms with Crippen molar-refractivity contribution in [2.24, 2.45) is 0 Å². The molecule has 0 saturated carbocycles. The average Bonchev–Trinajstić information content (AvgIpc) is 2.28. The number of alkyl halides is 3. The molecule has 2 nitrogen and oxygen atoms in total. The lowest BCUT2D eigenvalue weighted by molar-refractivity contribution is -0.242. The summed E-state index contributed by atoms with van der Waals surface area (Å²) in [6.45, 7) is 3.45. The summed E-state index contributed by atoms with van der Waals surface area (Å²) >= 11 is 0. The summed E-state index contributed by atoms with van der Waals surface area (Å²) in [5.41, 5.74) is -2.87. The molecule has 1 aromatic carbocycles. The predicted octanol–water partition coefficient (Wildman–Crippen LogP) is 2.58. The first-order valence-electron chi connectivity index (χ1n) is 4.79. The second kappa shape index (κ2) is 4.71. The largest absolute Gasteiger partial charge is 0.424 e. The number of aldehydes is 1. The van der Waals surface area contributed by atoms with Crippen molar-refractivity contribution >= 4 is 11.9 Å². The normalized spacial score (nSPS) is 15.1. The van der Waals surface area contributed by atoms with Gasteiger partial charge in [0.1, 0.15) is 0 Å². The van der Waals surface area contributed by atoms with E-state index in [9.17, 15) is 23.1 Å². The zero-order chi connectivity index (χ0) is 13.1. The number of benzene rings is 1. The van der Waals surface area contributed by atoms with Crippen LogP contribution in [0.1, 0.15) is 12.0 Å². The van der Waals surface area contributed by atoms with E-state index in [2.05, 4.69) is 6.58 Å². The van der Waals surface area contributed by atoms with Crippen LogP contribution in [0.2, 0.25) is 0 Å². The van der Waals surface area contributed by atoms with Crippen molar-refractivity contribution in [2.75, 3.05) is 0 Å². The van der Waals surface area contributed by atoms with Crippen molar-refractivity contribution in [3.8, 4) is 0 Å². The minimum Gasteiger partial charge on any atom is -0.374 e. The van der Waals surface area contributed by atoms with Crippen LogP contribution in [0.25, 0.3) is 5.57 Å². The van der Waals surface area contributed by atoms with Gasteiger partial charge in [0.15, 0.2) is 6.29 Å². The van der Waals surface area contributed by atoms with Gasteiger partial charge in [-0.05, 0) is 11.1 Å². The lowest BCUT2D eigenvalue weighted by Crippen LogP contribution is -2.46. The third kappa shape index (κ3) is 2.94. The van der Waals surface area contributed by atoms with Gasteiger partial charge >= 0.3 is 6.18 Å². The lowest BCUT2D eigenvalue weighted by Gasteiger charge is -2.25. The molecule has 0 heterocycles. The van der Waals surface area contributed by atoms with Crippen LogP contribution in [0, 0.1) is 0 Å². The van der Waals surface area contributed by atoms with Crippen molar-refractivity contribution in [2.45, 2.75) is 18.2 Å². The molecule has 0 aliphatic heterocycles. The number of hydrogen-bond acceptors (Lipinski definition) is 2. The van der Waals surface area contributed by atoms with E-state index in [-0.39, 0.29) is 5.57 Å². The fourth-order valence-corrected chi connectivity index (χ4v) is 1.31. The third-order valence-electron chi connectivity index (χ3n) is 2.35. The van der Waals surface area contributed by atoms with Gasteiger partial charge in [0.05, 0.1) is 0 Å². The molecule has 17 heavy (non-hydrogen) atoms. The predicted molar refractivity (Wildman–Crippen MR) is 57.2 cm³/mol. The molecule has 1 unspecified atom stereocenters. The van der Waals surface area contributed by atoms with Crippen LogP contribution in [0.3, 0.4) is 0 Å². The van der Waals surface area contributed by atoms with Gasteiger partial charge < -0.3 is 5.11 Å². The molecule has 0 fully saturated rings. The van der Waals surface area contributed by atoms with Crippen molar-refractivity contribution in [1.82, 2.24) is 0 Å². The maximum atomic E-state index is 12.5. The van der Waals surface area contributed by atoms with Crippen LogP contribution in [-0.2, 0) is 4.79 Å². The number of carbonyl (C=O) groups excluding carboxylic acids is 1. The molecule has 0 radical (unpaired) electrons. The van der Waals surface area contributed by atoms with Crippen molar-refractivity contribution in [3.05, 3.63) is 42.5 Å². The summed E-state index contributed by atoms with van der Waals surface area (Å²) in [6, 6.07) is 8.09. The molecule has 1 N–H and O–H groups in total. The van der Waals surface area contributed by atoms with Crippen molar-refractivity contribution in [1.29, 1.82) is 0 Å². The Kier molecular flexibility index (Phi) is 3.72. The molecule has 1 rings (SSSR count). The van der Waals surface area contributed by atoms with E-state index in [1.807, 2.05) is 0 Å². The highest BCUT2D eigenvalue weighted by Crippen LogP contribution is 2.35. The molecule has 0 aliphatic rings. The standard InChI is InChI=1S/C12H11F3O2/c1-9(10-5-3-2-4-6-10)7-11(17,8-16)12(13,14)15/h2-6,8,17H,1,7H2. The van der Waals surface area contributed by atoms with Crippen molar-refractivity contribution in [3.63, 3.8) is 0 Å². The van der Waals surface area contributed by atoms with Gasteiger partial charge in [-0.15, -0.1) is 0 Å². The van der Waals surface area contributed by atoms with Gasteiger partial charge in [-0.25, -0.2) is 0 Å². The highest BCUT2D eigenvalue weighted by molar-refractivity contribution is 5.72. The minimum atomic E-state index is -5.01. The number of hydrogen-bond donors (Lipinski definition) is 1. The smallest absolute Gasteiger partial charge is 0.374 e. The van der Waals surface area contributed by atoms with E-state index >= 15 is 0 Å². The Bertz CT molecular complexity index is 412. The zero-order valence-corrected chi connectivity index (χ0v) is 8.87. The van der Waals surface area contributed by atoms with Crippen molar-refractivity contribution < 1.29 is 23.1 Å². The summed E-state index contributed by atoms with van der Waals surface area (Å²) in [5.74, 6) is 0. The van der Waals surface area contributed by atoms with Crippen LogP contribution in [0.15, 0.2) is 36.9 Å². The van der Waals surface area contributed by atoms with E-state index in [0.717, 1.165) is 0 Å². The number of halogens is 3. The first-order valence-corrected chi connectivity index (χ1v) is 4.79. The molecule has 1 atom stereocenters. The summed E-state index contributed by atoms with van der Waals surface area (Å²) in [5, 5.41) is 9.23. The van der Waals surface area contributed by atoms with E-state index in [1.165, 1.54) is 0 Å². The zero-order valence-electron chi connectivity index (χ0n) is 8.87. The second-order valence-electron chi connectivity index (χ2n) is 3.69. The van der Waals surface area contributed by atoms with Crippen LogP contribution < -0.4 is 0 Å². The van der Waals surface area contributed by atoms with Gasteiger partial charge in [0.25, 0.3) is 0 Å². The SMILES string of the molecule is C=C(CC(O)(C=O)C(F)(F)F)c1ccccc1. The molecule has 0 spiro atoms. The quantitative estimate of drug-likeness (QED) is 0.826. The Labute approximate surface area is 96.4 Å². The summed E-state index contributed by atoms with van der Waals surface area (Å²) in [6.07, 6.45) is -6.38. The highest BCUT2D eigenvalue weighted by atomic mass is 19.4. The highest BCUT2D eigenvalue weighted by Gasteiger charge is 2.54. The molecular formula is C12H11F3O2. The number of carbonyl (C=O) groups is 1. The van der Waals surface area contributed by atoms with Crippen LogP contribution in [-0.4, -0.2) is 23.2 Å². The number of aliphatic hydroxyl groups is 1. The van der Waals surface area contributed by atoms with Gasteiger partial charge in [0.2, 0.25) is 5.60 Å². The lowest BCUT2D eigenvalue weighted by atomic mass is 9.92. The van der Waals surface area contributed by atoms with E-state index in [1.54, 1.807) is 30.3 Å². The summed E-state index contributed by atoms with van der Waals surface area (Å²) in [4.78, 5) is 10.4. The van der Waals surface area contributed by atoms with E-state index in [4.69, 9.17) is 0 Å². The first-order chi connectivity index (χ1) is 7.80. The maximum absolute atomic E-state index is 12.5. The van der Waals surface area contributed by atoms with Gasteiger partial charge in [-0.1, -0.05) is 36.9 Å².